The normalized spacial score (nSPS) is 18.0. The number of benzene rings is 2. The smallest absolute Gasteiger partial charge is 0.269 e. The van der Waals surface area contributed by atoms with Gasteiger partial charge >= 0.3 is 0 Å². The van der Waals surface area contributed by atoms with Crippen LogP contribution in [0.2, 0.25) is 0 Å². The van der Waals surface area contributed by atoms with Crippen molar-refractivity contribution in [2.24, 2.45) is 0 Å². The second-order valence-corrected chi connectivity index (χ2v) is 5.52. The minimum absolute atomic E-state index is 0.0518. The van der Waals surface area contributed by atoms with E-state index in [1.54, 1.807) is 24.3 Å². The second-order valence-electron chi connectivity index (χ2n) is 5.52. The molecule has 1 aliphatic heterocycles. The first-order chi connectivity index (χ1) is 10.5. The molecule has 1 aliphatic rings. The van der Waals surface area contributed by atoms with Gasteiger partial charge in [-0.25, -0.2) is 0 Å². The van der Waals surface area contributed by atoms with E-state index in [2.05, 4.69) is 4.90 Å². The lowest BCUT2D eigenvalue weighted by Crippen LogP contribution is -2.32. The van der Waals surface area contributed by atoms with Gasteiger partial charge in [-0.15, -0.1) is 0 Å². The summed E-state index contributed by atoms with van der Waals surface area (Å²) in [7, 11) is 1.97. The Kier molecular flexibility index (Phi) is 3.46. The number of nitrogens with zero attached hydrogens (tertiary/aromatic N) is 2. The fourth-order valence-electron chi connectivity index (χ4n) is 2.98. The van der Waals surface area contributed by atoms with Gasteiger partial charge in [0.25, 0.3) is 5.69 Å². The van der Waals surface area contributed by atoms with Gasteiger partial charge in [0.2, 0.25) is 0 Å². The Balaban J connectivity index is 2.07. The zero-order chi connectivity index (χ0) is 15.9. The largest absolute Gasteiger partial charge is 0.504 e. The van der Waals surface area contributed by atoms with Crippen molar-refractivity contribution in [2.45, 2.75) is 12.5 Å². The van der Waals surface area contributed by atoms with Gasteiger partial charge in [-0.3, -0.25) is 15.0 Å². The van der Waals surface area contributed by atoms with Crippen LogP contribution in [0.4, 0.5) is 5.69 Å². The Morgan fingerprint density at radius 2 is 1.82 bits per heavy atom. The average molecular weight is 300 g/mol. The summed E-state index contributed by atoms with van der Waals surface area (Å²) in [6.07, 6.45) is 0.781. The molecule has 1 atom stereocenters. The number of phenols is 2. The Bertz CT molecular complexity index is 728. The minimum Gasteiger partial charge on any atom is -0.504 e. The van der Waals surface area contributed by atoms with Gasteiger partial charge < -0.3 is 10.2 Å². The Hall–Kier alpha value is -2.60. The van der Waals surface area contributed by atoms with Gasteiger partial charge in [-0.1, -0.05) is 12.1 Å². The third-order valence-corrected chi connectivity index (χ3v) is 4.13. The zero-order valence-electron chi connectivity index (χ0n) is 12.1. The number of rotatable bonds is 2. The molecule has 0 fully saturated rings. The summed E-state index contributed by atoms with van der Waals surface area (Å²) >= 11 is 0. The van der Waals surface area contributed by atoms with E-state index in [1.807, 2.05) is 7.05 Å². The van der Waals surface area contributed by atoms with Crippen molar-refractivity contribution in [3.63, 3.8) is 0 Å². The van der Waals surface area contributed by atoms with E-state index in [4.69, 9.17) is 0 Å². The first kappa shape index (κ1) is 14.3. The molecule has 114 valence electrons. The molecule has 1 unspecified atom stereocenters. The predicted octanol–water partition coefficient (Wildman–Crippen LogP) is 2.58. The molecule has 0 saturated heterocycles. The first-order valence-electron chi connectivity index (χ1n) is 6.96. The number of hydrogen-bond donors (Lipinski definition) is 2. The molecule has 0 aliphatic carbocycles. The van der Waals surface area contributed by atoms with E-state index in [0.717, 1.165) is 29.7 Å². The van der Waals surface area contributed by atoms with E-state index >= 15 is 0 Å². The molecule has 2 aromatic rings. The third kappa shape index (κ3) is 2.37. The summed E-state index contributed by atoms with van der Waals surface area (Å²) in [5.74, 6) is -0.272. The molecule has 22 heavy (non-hydrogen) atoms. The summed E-state index contributed by atoms with van der Waals surface area (Å²) in [6.45, 7) is 0.804. The molecule has 0 bridgehead atoms. The monoisotopic (exact) mass is 300 g/mol. The minimum atomic E-state index is -0.424. The summed E-state index contributed by atoms with van der Waals surface area (Å²) in [6, 6.07) is 9.50. The van der Waals surface area contributed by atoms with Gasteiger partial charge in [-0.2, -0.15) is 0 Å². The van der Waals surface area contributed by atoms with Gasteiger partial charge in [0.1, 0.15) is 0 Å². The lowest BCUT2D eigenvalue weighted by atomic mass is 9.88. The van der Waals surface area contributed by atoms with Gasteiger partial charge in [-0.05, 0) is 42.3 Å². The number of non-ortho nitro benzene ring substituents is 1. The van der Waals surface area contributed by atoms with E-state index in [1.165, 1.54) is 12.1 Å². The second kappa shape index (κ2) is 5.31. The van der Waals surface area contributed by atoms with Crippen molar-refractivity contribution in [1.29, 1.82) is 0 Å². The van der Waals surface area contributed by atoms with Gasteiger partial charge in [0, 0.05) is 18.7 Å². The quantitative estimate of drug-likeness (QED) is 0.505. The zero-order valence-corrected chi connectivity index (χ0v) is 12.1. The van der Waals surface area contributed by atoms with Crippen LogP contribution in [0.25, 0.3) is 0 Å². The fraction of sp³-hybridized carbons (Fsp3) is 0.250. The average Bonchev–Trinajstić information content (AvgIpc) is 2.49. The van der Waals surface area contributed by atoms with Crippen molar-refractivity contribution in [2.75, 3.05) is 13.6 Å². The Morgan fingerprint density at radius 3 is 2.45 bits per heavy atom. The summed E-state index contributed by atoms with van der Waals surface area (Å²) in [5.41, 5.74) is 2.87. The maximum atomic E-state index is 10.8. The summed E-state index contributed by atoms with van der Waals surface area (Å²) in [4.78, 5) is 12.5. The van der Waals surface area contributed by atoms with Crippen LogP contribution in [0.1, 0.15) is 22.7 Å². The number of phenolic OH excluding ortho intramolecular Hbond substituents is 2. The Labute approximate surface area is 127 Å². The Morgan fingerprint density at radius 1 is 1.18 bits per heavy atom. The van der Waals surface area contributed by atoms with Crippen LogP contribution in [0.5, 0.6) is 11.5 Å². The third-order valence-electron chi connectivity index (χ3n) is 4.13. The maximum Gasteiger partial charge on any atom is 0.269 e. The number of nitro groups is 1. The molecule has 0 saturated carbocycles. The molecule has 6 nitrogen and oxygen atoms in total. The topological polar surface area (TPSA) is 86.8 Å². The van der Waals surface area contributed by atoms with E-state index < -0.39 is 4.92 Å². The van der Waals surface area contributed by atoms with Crippen molar-refractivity contribution in [1.82, 2.24) is 4.90 Å². The van der Waals surface area contributed by atoms with Crippen LogP contribution in [0, 0.1) is 10.1 Å². The highest BCUT2D eigenvalue weighted by atomic mass is 16.6. The predicted molar refractivity (Wildman–Crippen MR) is 81.0 cm³/mol. The lowest BCUT2D eigenvalue weighted by molar-refractivity contribution is -0.384. The highest BCUT2D eigenvalue weighted by Gasteiger charge is 2.27. The van der Waals surface area contributed by atoms with Crippen LogP contribution in [0.15, 0.2) is 36.4 Å². The molecule has 0 aromatic heterocycles. The molecular formula is C16H16N2O4. The maximum absolute atomic E-state index is 10.8. The number of likely N-dealkylation sites (N-methyl/N-ethyl adjacent to an activating group) is 1. The lowest BCUT2D eigenvalue weighted by Gasteiger charge is -2.35. The van der Waals surface area contributed by atoms with Crippen LogP contribution in [-0.4, -0.2) is 33.6 Å². The van der Waals surface area contributed by atoms with Crippen LogP contribution >= 0.6 is 0 Å². The van der Waals surface area contributed by atoms with Crippen LogP contribution < -0.4 is 0 Å². The molecule has 2 aromatic carbocycles. The number of nitro benzene ring substituents is 1. The molecular weight excluding hydrogens is 284 g/mol. The highest BCUT2D eigenvalue weighted by Crippen LogP contribution is 2.39. The van der Waals surface area contributed by atoms with E-state index in [9.17, 15) is 20.3 Å². The first-order valence-corrected chi connectivity index (χ1v) is 6.96. The van der Waals surface area contributed by atoms with Gasteiger partial charge in [0.05, 0.1) is 11.0 Å². The molecule has 0 spiro atoms. The van der Waals surface area contributed by atoms with E-state index in [0.29, 0.717) is 0 Å². The summed E-state index contributed by atoms with van der Waals surface area (Å²) in [5, 5.41) is 30.2. The van der Waals surface area contributed by atoms with Crippen LogP contribution in [0.3, 0.4) is 0 Å². The standard InChI is InChI=1S/C16H16N2O4/c1-17-7-6-11-8-14(19)15(20)9-13(11)16(17)10-2-4-12(5-3-10)18(21)22/h2-5,8-9,16,19-20H,6-7H2,1H3. The number of hydrogen-bond acceptors (Lipinski definition) is 5. The van der Waals surface area contributed by atoms with Crippen molar-refractivity contribution < 1.29 is 15.1 Å². The molecule has 6 heteroatoms. The van der Waals surface area contributed by atoms with Crippen molar-refractivity contribution >= 4 is 5.69 Å². The summed E-state index contributed by atoms with van der Waals surface area (Å²) < 4.78 is 0. The SMILES string of the molecule is CN1CCc2cc(O)c(O)cc2C1c1ccc([N+](=O)[O-])cc1. The number of aromatic hydroxyl groups is 2. The number of fused-ring (bicyclic) bond motifs is 1. The van der Waals surface area contributed by atoms with Crippen LogP contribution in [-0.2, 0) is 6.42 Å². The molecule has 0 amide bonds. The molecule has 0 radical (unpaired) electrons. The van der Waals surface area contributed by atoms with Gasteiger partial charge in [0.15, 0.2) is 11.5 Å². The fourth-order valence-corrected chi connectivity index (χ4v) is 2.98. The van der Waals surface area contributed by atoms with E-state index in [-0.39, 0.29) is 23.2 Å². The molecule has 1 heterocycles. The van der Waals surface area contributed by atoms with Crippen molar-refractivity contribution in [3.05, 3.63) is 63.2 Å². The molecule has 2 N–H and O–H groups in total. The van der Waals surface area contributed by atoms with Crippen molar-refractivity contribution in [3.8, 4) is 11.5 Å². The molecule has 3 rings (SSSR count). The highest BCUT2D eigenvalue weighted by molar-refractivity contribution is 5.50.